The molecule has 0 aliphatic heterocycles. The van der Waals surface area contributed by atoms with Crippen LogP contribution in [0.25, 0.3) is 10.9 Å². The maximum absolute atomic E-state index is 13.1. The minimum Gasteiger partial charge on any atom is -0.506 e. The number of nitrogens with one attached hydrogen (secondary N) is 1. The second kappa shape index (κ2) is 9.25. The Morgan fingerprint density at radius 1 is 1.10 bits per heavy atom. The van der Waals surface area contributed by atoms with Crippen molar-refractivity contribution in [3.05, 3.63) is 70.5 Å². The number of para-hydroxylation sites is 1. The largest absolute Gasteiger partial charge is 0.506 e. The molecule has 8 nitrogen and oxygen atoms in total. The number of carbonyl (C=O) groups excluding carboxylic acids is 1. The maximum atomic E-state index is 13.1. The topological polar surface area (TPSA) is 99.0 Å². The van der Waals surface area contributed by atoms with E-state index in [4.69, 9.17) is 14.2 Å². The van der Waals surface area contributed by atoms with Gasteiger partial charge in [0.15, 0.2) is 11.5 Å². The number of allylic oxidation sites excluding steroid dienone is 1. The number of aromatic hydroxyl groups is 1. The van der Waals surface area contributed by atoms with Crippen LogP contribution in [0.3, 0.4) is 0 Å². The molecule has 8 heteroatoms. The van der Waals surface area contributed by atoms with Crippen molar-refractivity contribution in [2.75, 3.05) is 21.3 Å². The first kappa shape index (κ1) is 21.8. The summed E-state index contributed by atoms with van der Waals surface area (Å²) in [5.41, 5.74) is 0.115. The van der Waals surface area contributed by atoms with E-state index in [0.29, 0.717) is 22.8 Å². The predicted molar refractivity (Wildman–Crippen MR) is 117 cm³/mol. The van der Waals surface area contributed by atoms with Gasteiger partial charge in [-0.3, -0.25) is 9.59 Å². The molecule has 2 aromatic carbocycles. The van der Waals surface area contributed by atoms with Crippen molar-refractivity contribution < 1.29 is 24.1 Å². The van der Waals surface area contributed by atoms with Gasteiger partial charge in [0.2, 0.25) is 0 Å². The Kier molecular flexibility index (Phi) is 6.49. The number of benzene rings is 2. The molecule has 162 valence electrons. The van der Waals surface area contributed by atoms with Crippen molar-refractivity contribution in [2.24, 2.45) is 0 Å². The van der Waals surface area contributed by atoms with Crippen molar-refractivity contribution >= 4 is 16.8 Å². The van der Waals surface area contributed by atoms with Crippen molar-refractivity contribution in [1.29, 1.82) is 0 Å². The van der Waals surface area contributed by atoms with Gasteiger partial charge in [-0.05, 0) is 12.1 Å². The third-order valence-corrected chi connectivity index (χ3v) is 4.91. The lowest BCUT2D eigenvalue weighted by molar-refractivity contribution is 0.0946. The molecule has 0 aliphatic rings. The Morgan fingerprint density at radius 3 is 2.39 bits per heavy atom. The molecular weight excluding hydrogens is 400 g/mol. The average Bonchev–Trinajstić information content (AvgIpc) is 2.79. The van der Waals surface area contributed by atoms with Gasteiger partial charge in [0, 0.05) is 30.1 Å². The van der Waals surface area contributed by atoms with Crippen molar-refractivity contribution in [1.82, 2.24) is 9.88 Å². The second-order valence-corrected chi connectivity index (χ2v) is 6.65. The average molecular weight is 424 g/mol. The summed E-state index contributed by atoms with van der Waals surface area (Å²) in [6.45, 7) is 3.93. The highest BCUT2D eigenvalue weighted by molar-refractivity contribution is 6.03. The number of hydrogen-bond acceptors (Lipinski definition) is 6. The molecule has 0 aliphatic carbocycles. The van der Waals surface area contributed by atoms with Crippen molar-refractivity contribution in [2.45, 2.75) is 13.1 Å². The third kappa shape index (κ3) is 4.05. The number of fused-ring (bicyclic) bond motifs is 1. The summed E-state index contributed by atoms with van der Waals surface area (Å²) >= 11 is 0. The molecule has 3 rings (SSSR count). The summed E-state index contributed by atoms with van der Waals surface area (Å²) in [5, 5.41) is 13.8. The van der Waals surface area contributed by atoms with Crippen molar-refractivity contribution in [3.63, 3.8) is 0 Å². The zero-order valence-corrected chi connectivity index (χ0v) is 17.6. The summed E-state index contributed by atoms with van der Waals surface area (Å²) in [6.07, 6.45) is 1.53. The highest BCUT2D eigenvalue weighted by atomic mass is 16.5. The summed E-state index contributed by atoms with van der Waals surface area (Å²) in [6, 6.07) is 10.3. The highest BCUT2D eigenvalue weighted by Crippen LogP contribution is 2.36. The lowest BCUT2D eigenvalue weighted by atomic mass is 10.1. The molecule has 0 bridgehead atoms. The Hall–Kier alpha value is -3.94. The Morgan fingerprint density at radius 2 is 1.74 bits per heavy atom. The van der Waals surface area contributed by atoms with Gasteiger partial charge >= 0.3 is 0 Å². The number of ether oxygens (including phenoxy) is 3. The molecular formula is C23H24N2O6. The van der Waals surface area contributed by atoms with E-state index in [0.717, 1.165) is 5.56 Å². The number of amides is 1. The quantitative estimate of drug-likeness (QED) is 0.540. The molecule has 0 saturated heterocycles. The van der Waals surface area contributed by atoms with Gasteiger partial charge in [0.25, 0.3) is 11.5 Å². The maximum Gasteiger partial charge on any atom is 0.268 e. The van der Waals surface area contributed by atoms with Gasteiger partial charge in [0.1, 0.15) is 17.1 Å². The molecule has 1 aromatic heterocycles. The van der Waals surface area contributed by atoms with Crippen LogP contribution in [0.4, 0.5) is 0 Å². The third-order valence-electron chi connectivity index (χ3n) is 4.91. The van der Waals surface area contributed by atoms with Gasteiger partial charge in [0.05, 0.1) is 26.8 Å². The first-order chi connectivity index (χ1) is 15.0. The fourth-order valence-electron chi connectivity index (χ4n) is 3.39. The standard InChI is InChI=1S/C23H24N2O6/c1-5-10-25-16-12-19(31-4)18(30-3)11-15(16)21(26)20(23(25)28)22(27)24-13-14-8-6-7-9-17(14)29-2/h5-9,11-12,26H,1,10,13H2,2-4H3,(H,24,27). The van der Waals surface area contributed by atoms with Crippen LogP contribution in [0.5, 0.6) is 23.0 Å². The van der Waals surface area contributed by atoms with Crippen LogP contribution < -0.4 is 25.1 Å². The SMILES string of the molecule is C=CCn1c(=O)c(C(=O)NCc2ccccc2OC)c(O)c2cc(OC)c(OC)cc21. The van der Waals surface area contributed by atoms with Crippen LogP contribution in [0.1, 0.15) is 15.9 Å². The van der Waals surface area contributed by atoms with Gasteiger partial charge in [-0.1, -0.05) is 24.3 Å². The zero-order valence-electron chi connectivity index (χ0n) is 17.6. The first-order valence-electron chi connectivity index (χ1n) is 9.49. The van der Waals surface area contributed by atoms with Gasteiger partial charge < -0.3 is 29.2 Å². The lowest BCUT2D eigenvalue weighted by Gasteiger charge is -2.16. The van der Waals surface area contributed by atoms with Crippen LogP contribution in [-0.4, -0.2) is 36.9 Å². The Bertz CT molecular complexity index is 1200. The van der Waals surface area contributed by atoms with E-state index in [1.807, 2.05) is 12.1 Å². The van der Waals surface area contributed by atoms with Crippen LogP contribution in [0, 0.1) is 0 Å². The smallest absolute Gasteiger partial charge is 0.268 e. The van der Waals surface area contributed by atoms with E-state index in [-0.39, 0.29) is 24.0 Å². The van der Waals surface area contributed by atoms with Crippen LogP contribution in [0.15, 0.2) is 53.8 Å². The molecule has 0 unspecified atom stereocenters. The molecule has 1 amide bonds. The first-order valence-corrected chi connectivity index (χ1v) is 9.49. The molecule has 1 heterocycles. The molecule has 0 fully saturated rings. The zero-order chi connectivity index (χ0) is 22.5. The summed E-state index contributed by atoms with van der Waals surface area (Å²) in [7, 11) is 4.46. The normalized spacial score (nSPS) is 10.5. The lowest BCUT2D eigenvalue weighted by Crippen LogP contribution is -2.33. The molecule has 0 radical (unpaired) electrons. The molecule has 3 aromatic rings. The van der Waals surface area contributed by atoms with Gasteiger partial charge in [-0.2, -0.15) is 0 Å². The fraction of sp³-hybridized carbons (Fsp3) is 0.217. The van der Waals surface area contributed by atoms with E-state index >= 15 is 0 Å². The summed E-state index contributed by atoms with van der Waals surface area (Å²) < 4.78 is 17.2. The number of carbonyl (C=O) groups is 1. The predicted octanol–water partition coefficient (Wildman–Crippen LogP) is 2.85. The summed E-state index contributed by atoms with van der Waals surface area (Å²) in [4.78, 5) is 26.1. The van der Waals surface area contributed by atoms with Gasteiger partial charge in [-0.25, -0.2) is 0 Å². The van der Waals surface area contributed by atoms with E-state index in [1.165, 1.54) is 38.0 Å². The number of aromatic nitrogens is 1. The molecule has 31 heavy (non-hydrogen) atoms. The molecule has 0 atom stereocenters. The molecule has 0 spiro atoms. The minimum absolute atomic E-state index is 0.118. The number of nitrogens with zero attached hydrogens (tertiary/aromatic N) is 1. The molecule has 0 saturated carbocycles. The van der Waals surface area contributed by atoms with Crippen LogP contribution in [0.2, 0.25) is 0 Å². The minimum atomic E-state index is -0.706. The monoisotopic (exact) mass is 424 g/mol. The fourth-order valence-corrected chi connectivity index (χ4v) is 3.39. The van der Waals surface area contributed by atoms with E-state index in [2.05, 4.69) is 11.9 Å². The number of rotatable bonds is 8. The molecule has 2 N–H and O–H groups in total. The number of methoxy groups -OCH3 is 3. The number of pyridine rings is 1. The Balaban J connectivity index is 2.12. The van der Waals surface area contributed by atoms with E-state index in [1.54, 1.807) is 18.2 Å². The van der Waals surface area contributed by atoms with E-state index in [9.17, 15) is 14.7 Å². The number of hydrogen-bond donors (Lipinski definition) is 2. The summed E-state index contributed by atoms with van der Waals surface area (Å²) in [5.74, 6) is 0.211. The van der Waals surface area contributed by atoms with Gasteiger partial charge in [-0.15, -0.1) is 6.58 Å². The highest BCUT2D eigenvalue weighted by Gasteiger charge is 2.23. The Labute approximate surface area is 179 Å². The van der Waals surface area contributed by atoms with E-state index < -0.39 is 17.2 Å². The van der Waals surface area contributed by atoms with Crippen molar-refractivity contribution in [3.8, 4) is 23.0 Å². The van der Waals surface area contributed by atoms with Crippen LogP contribution in [-0.2, 0) is 13.1 Å². The van der Waals surface area contributed by atoms with Crippen LogP contribution >= 0.6 is 0 Å². The second-order valence-electron chi connectivity index (χ2n) is 6.65.